The summed E-state index contributed by atoms with van der Waals surface area (Å²) in [7, 11) is 0. The van der Waals surface area contributed by atoms with E-state index in [0.717, 1.165) is 61.9 Å². The van der Waals surface area contributed by atoms with Crippen LogP contribution in [0.3, 0.4) is 0 Å². The third-order valence-electron chi connectivity index (χ3n) is 8.28. The summed E-state index contributed by atoms with van der Waals surface area (Å²) in [4.78, 5) is 20.1. The van der Waals surface area contributed by atoms with Gasteiger partial charge in [-0.2, -0.15) is 0 Å². The summed E-state index contributed by atoms with van der Waals surface area (Å²) in [5.74, 6) is 0.209. The number of hydrogen-bond donors (Lipinski definition) is 4. The number of H-pyrrole nitrogens is 1. The van der Waals surface area contributed by atoms with E-state index in [2.05, 4.69) is 47.3 Å². The van der Waals surface area contributed by atoms with Gasteiger partial charge in [-0.05, 0) is 86.5 Å². The third kappa shape index (κ3) is 4.69. The second-order valence-corrected chi connectivity index (χ2v) is 11.6. The minimum atomic E-state index is -0.579. The van der Waals surface area contributed by atoms with Gasteiger partial charge in [-0.15, -0.1) is 0 Å². The monoisotopic (exact) mass is 479 g/mol. The van der Waals surface area contributed by atoms with E-state index >= 15 is 0 Å². The number of imidazole rings is 1. The van der Waals surface area contributed by atoms with Gasteiger partial charge in [0.25, 0.3) is 5.91 Å². The second kappa shape index (κ2) is 8.87. The molecule has 1 aromatic heterocycles. The molecule has 2 aromatic rings. The summed E-state index contributed by atoms with van der Waals surface area (Å²) < 4.78 is 6.24. The molecule has 2 saturated heterocycles. The summed E-state index contributed by atoms with van der Waals surface area (Å²) >= 11 is 0. The van der Waals surface area contributed by atoms with Gasteiger partial charge >= 0.3 is 0 Å². The molecule has 0 saturated carbocycles. The Balaban J connectivity index is 1.49. The second-order valence-electron chi connectivity index (χ2n) is 11.6. The van der Waals surface area contributed by atoms with Crippen molar-refractivity contribution in [1.29, 1.82) is 0 Å². The fraction of sp³-hybridized carbons (Fsp3) is 0.571. The maximum absolute atomic E-state index is 12.9. The van der Waals surface area contributed by atoms with E-state index in [1.54, 1.807) is 6.20 Å². The fourth-order valence-corrected chi connectivity index (χ4v) is 6.09. The van der Waals surface area contributed by atoms with Crippen LogP contribution in [0, 0.1) is 12.3 Å². The average molecular weight is 480 g/mol. The van der Waals surface area contributed by atoms with Gasteiger partial charge in [0.15, 0.2) is 5.82 Å². The molecule has 4 N–H and O–H groups in total. The predicted octanol–water partition coefficient (Wildman–Crippen LogP) is 4.71. The van der Waals surface area contributed by atoms with Crippen LogP contribution in [-0.4, -0.2) is 50.5 Å². The van der Waals surface area contributed by atoms with Crippen LogP contribution in [0.5, 0.6) is 0 Å². The maximum atomic E-state index is 12.9. The highest BCUT2D eigenvalue weighted by atomic mass is 16.6. The van der Waals surface area contributed by atoms with Gasteiger partial charge in [-0.1, -0.05) is 26.0 Å². The van der Waals surface area contributed by atoms with Gasteiger partial charge in [0, 0.05) is 17.4 Å². The zero-order valence-electron chi connectivity index (χ0n) is 21.0. The van der Waals surface area contributed by atoms with Gasteiger partial charge in [-0.3, -0.25) is 4.79 Å². The van der Waals surface area contributed by atoms with E-state index < -0.39 is 11.2 Å². The molecule has 3 atom stereocenters. The molecule has 2 bridgehead atoms. The smallest absolute Gasteiger partial charge is 0.291 e. The van der Waals surface area contributed by atoms with E-state index in [9.17, 15) is 15.0 Å². The minimum absolute atomic E-state index is 0.0327. The lowest BCUT2D eigenvalue weighted by Crippen LogP contribution is -2.47. The number of nitrogens with zero attached hydrogens (tertiary/aromatic N) is 1. The van der Waals surface area contributed by atoms with Crippen molar-refractivity contribution in [1.82, 2.24) is 9.97 Å². The molecular weight excluding hydrogens is 442 g/mol. The van der Waals surface area contributed by atoms with Crippen molar-refractivity contribution in [3.8, 4) is 0 Å². The summed E-state index contributed by atoms with van der Waals surface area (Å²) in [6.45, 7) is 6.36. The van der Waals surface area contributed by atoms with Crippen LogP contribution in [0.2, 0.25) is 0 Å². The number of nitrogens with one attached hydrogen (secondary N) is 2. The first-order chi connectivity index (χ1) is 16.7. The quantitative estimate of drug-likeness (QED) is 0.480. The number of fused-ring (bicyclic) bond motifs is 2. The first-order valence-corrected chi connectivity index (χ1v) is 12.7. The summed E-state index contributed by atoms with van der Waals surface area (Å²) in [6.07, 6.45) is 10.1. The zero-order chi connectivity index (χ0) is 24.8. The van der Waals surface area contributed by atoms with Crippen LogP contribution >= 0.6 is 0 Å². The molecule has 5 rings (SSSR count). The summed E-state index contributed by atoms with van der Waals surface area (Å²) in [5.41, 5.74) is 4.13. The molecule has 1 aromatic carbocycles. The number of carbonyl (C=O) groups excluding carboxylic acids is 1. The van der Waals surface area contributed by atoms with Gasteiger partial charge in [0.1, 0.15) is 0 Å². The molecule has 35 heavy (non-hydrogen) atoms. The molecule has 7 heteroatoms. The number of carbonyl (C=O) groups is 1. The first kappa shape index (κ1) is 24.2. The number of amides is 1. The van der Waals surface area contributed by atoms with E-state index in [0.29, 0.717) is 5.82 Å². The SMILES string of the molecule is Cc1c[nH]c(C(=O)Nc2ccc([C@@H]3C[C@]4(CO)CC[C@](CO)(C3)O4)cc2C2=CCC(C)(C)CC2)n1. The van der Waals surface area contributed by atoms with E-state index in [-0.39, 0.29) is 30.5 Å². The molecule has 3 aliphatic rings. The normalized spacial score (nSPS) is 29.6. The lowest BCUT2D eigenvalue weighted by molar-refractivity contribution is -0.177. The van der Waals surface area contributed by atoms with E-state index in [1.165, 1.54) is 11.1 Å². The average Bonchev–Trinajstić information content (AvgIpc) is 3.40. The Labute approximate surface area is 207 Å². The Morgan fingerprint density at radius 1 is 1.17 bits per heavy atom. The fourth-order valence-electron chi connectivity index (χ4n) is 6.09. The highest BCUT2D eigenvalue weighted by molar-refractivity contribution is 6.03. The molecule has 188 valence electrons. The Hall–Kier alpha value is -2.48. The number of ether oxygens (including phenoxy) is 1. The largest absolute Gasteiger partial charge is 0.393 e. The summed E-state index contributed by atoms with van der Waals surface area (Å²) in [6, 6.07) is 6.28. The van der Waals surface area contributed by atoms with Gasteiger partial charge in [-0.25, -0.2) is 4.98 Å². The Morgan fingerprint density at radius 2 is 1.89 bits per heavy atom. The molecule has 0 unspecified atom stereocenters. The van der Waals surface area contributed by atoms with Crippen molar-refractivity contribution >= 4 is 17.2 Å². The number of anilines is 1. The van der Waals surface area contributed by atoms with Crippen molar-refractivity contribution in [3.63, 3.8) is 0 Å². The molecule has 0 spiro atoms. The lowest BCUT2D eigenvalue weighted by atomic mass is 9.75. The van der Waals surface area contributed by atoms with Gasteiger partial charge in [0.2, 0.25) is 0 Å². The molecule has 0 radical (unpaired) electrons. The highest BCUT2D eigenvalue weighted by Crippen LogP contribution is 2.53. The molecule has 2 fully saturated rings. The number of allylic oxidation sites excluding steroid dienone is 2. The Morgan fingerprint density at radius 3 is 2.46 bits per heavy atom. The van der Waals surface area contributed by atoms with Gasteiger partial charge < -0.3 is 25.3 Å². The molecule has 1 aliphatic carbocycles. The lowest BCUT2D eigenvalue weighted by Gasteiger charge is -2.43. The van der Waals surface area contributed by atoms with Crippen LogP contribution in [0.15, 0.2) is 30.5 Å². The number of aromatic nitrogens is 2. The predicted molar refractivity (Wildman–Crippen MR) is 135 cm³/mol. The number of benzene rings is 1. The van der Waals surface area contributed by atoms with Crippen LogP contribution in [0.1, 0.15) is 92.2 Å². The Kier molecular flexibility index (Phi) is 6.14. The minimum Gasteiger partial charge on any atom is -0.393 e. The number of hydrogen-bond acceptors (Lipinski definition) is 5. The topological polar surface area (TPSA) is 107 Å². The van der Waals surface area contributed by atoms with Crippen molar-refractivity contribution < 1.29 is 19.7 Å². The molecule has 3 heterocycles. The molecular formula is C28H37N3O4. The number of aliphatic hydroxyl groups is 2. The zero-order valence-corrected chi connectivity index (χ0v) is 21.0. The van der Waals surface area contributed by atoms with Crippen LogP contribution in [-0.2, 0) is 4.74 Å². The van der Waals surface area contributed by atoms with Gasteiger partial charge in [0.05, 0.1) is 30.1 Å². The van der Waals surface area contributed by atoms with E-state index in [1.807, 2.05) is 13.0 Å². The molecule has 1 amide bonds. The van der Waals surface area contributed by atoms with Crippen molar-refractivity contribution in [2.75, 3.05) is 18.5 Å². The standard InChI is InChI=1S/C28H37N3O4/c1-18-15-29-24(30-18)25(34)31-23-5-4-20(12-22(23)19-6-8-26(2,3)9-7-19)21-13-27(16-32)10-11-28(14-21,17-33)35-27/h4-6,12,15,21,32-33H,7-11,13-14,16-17H2,1-3H3,(H,29,30)(H,31,34)/t21-,27+,28-. The molecule has 2 aliphatic heterocycles. The van der Waals surface area contributed by atoms with Crippen molar-refractivity contribution in [3.05, 3.63) is 53.1 Å². The number of rotatable bonds is 6. The van der Waals surface area contributed by atoms with E-state index in [4.69, 9.17) is 4.74 Å². The van der Waals surface area contributed by atoms with Crippen molar-refractivity contribution in [2.24, 2.45) is 5.41 Å². The maximum Gasteiger partial charge on any atom is 0.291 e. The number of aryl methyl sites for hydroxylation is 1. The Bertz CT molecular complexity index is 1130. The number of aromatic amines is 1. The van der Waals surface area contributed by atoms with Crippen molar-refractivity contribution in [2.45, 2.75) is 82.8 Å². The number of aliphatic hydroxyl groups excluding tert-OH is 2. The third-order valence-corrected chi connectivity index (χ3v) is 8.28. The van der Waals surface area contributed by atoms with Crippen LogP contribution < -0.4 is 5.32 Å². The highest BCUT2D eigenvalue weighted by Gasteiger charge is 2.55. The van der Waals surface area contributed by atoms with Crippen LogP contribution in [0.25, 0.3) is 5.57 Å². The molecule has 7 nitrogen and oxygen atoms in total. The first-order valence-electron chi connectivity index (χ1n) is 12.7. The summed E-state index contributed by atoms with van der Waals surface area (Å²) in [5, 5.41) is 23.3. The van der Waals surface area contributed by atoms with Crippen LogP contribution in [0.4, 0.5) is 5.69 Å².